The van der Waals surface area contributed by atoms with Crippen LogP contribution >= 0.6 is 0 Å². The average Bonchev–Trinajstić information content (AvgIpc) is 2.49. The Morgan fingerprint density at radius 1 is 1.20 bits per heavy atom. The summed E-state index contributed by atoms with van der Waals surface area (Å²) in [6.07, 6.45) is 0.751. The van der Waals surface area contributed by atoms with Crippen LogP contribution in [0.4, 0.5) is 10.1 Å². The SMILES string of the molecule is N#Cc1cc(N2CCc3ccccc3C2=O)ccc1F. The highest BCUT2D eigenvalue weighted by atomic mass is 19.1. The van der Waals surface area contributed by atoms with E-state index in [0.29, 0.717) is 17.8 Å². The van der Waals surface area contributed by atoms with Crippen LogP contribution in [0.3, 0.4) is 0 Å². The van der Waals surface area contributed by atoms with E-state index in [9.17, 15) is 9.18 Å². The lowest BCUT2D eigenvalue weighted by atomic mass is 9.98. The molecule has 98 valence electrons. The second-order valence-corrected chi connectivity index (χ2v) is 4.64. The van der Waals surface area contributed by atoms with E-state index in [1.165, 1.54) is 18.2 Å². The van der Waals surface area contributed by atoms with Crippen molar-refractivity contribution in [1.82, 2.24) is 0 Å². The van der Waals surface area contributed by atoms with Crippen molar-refractivity contribution in [1.29, 1.82) is 5.26 Å². The van der Waals surface area contributed by atoms with Crippen molar-refractivity contribution in [3.63, 3.8) is 0 Å². The number of anilines is 1. The molecule has 0 N–H and O–H groups in total. The summed E-state index contributed by atoms with van der Waals surface area (Å²) >= 11 is 0. The third kappa shape index (κ3) is 1.94. The Balaban J connectivity index is 2.01. The molecule has 3 rings (SSSR count). The van der Waals surface area contributed by atoms with Crippen LogP contribution in [0.2, 0.25) is 0 Å². The summed E-state index contributed by atoms with van der Waals surface area (Å²) in [5.41, 5.74) is 2.20. The minimum atomic E-state index is -0.568. The fraction of sp³-hybridized carbons (Fsp3) is 0.125. The molecule has 2 aromatic carbocycles. The number of fused-ring (bicyclic) bond motifs is 1. The molecular formula is C16H11FN2O. The number of hydrogen-bond donors (Lipinski definition) is 0. The van der Waals surface area contributed by atoms with Crippen molar-refractivity contribution in [2.75, 3.05) is 11.4 Å². The fourth-order valence-electron chi connectivity index (χ4n) is 2.44. The Hall–Kier alpha value is -2.67. The van der Waals surface area contributed by atoms with E-state index >= 15 is 0 Å². The summed E-state index contributed by atoms with van der Waals surface area (Å²) in [6, 6.07) is 13.4. The van der Waals surface area contributed by atoms with Gasteiger partial charge in [-0.25, -0.2) is 4.39 Å². The van der Waals surface area contributed by atoms with Crippen molar-refractivity contribution < 1.29 is 9.18 Å². The van der Waals surface area contributed by atoms with E-state index in [-0.39, 0.29) is 11.5 Å². The highest BCUT2D eigenvalue weighted by Crippen LogP contribution is 2.25. The second-order valence-electron chi connectivity index (χ2n) is 4.64. The lowest BCUT2D eigenvalue weighted by molar-refractivity contribution is 0.0980. The molecule has 3 nitrogen and oxygen atoms in total. The Labute approximate surface area is 115 Å². The first-order chi connectivity index (χ1) is 9.70. The minimum Gasteiger partial charge on any atom is -0.308 e. The topological polar surface area (TPSA) is 44.1 Å². The summed E-state index contributed by atoms with van der Waals surface area (Å²) in [7, 11) is 0. The molecule has 0 aromatic heterocycles. The summed E-state index contributed by atoms with van der Waals surface area (Å²) in [4.78, 5) is 14.0. The predicted octanol–water partition coefficient (Wildman–Crippen LogP) is 2.90. The molecule has 0 radical (unpaired) electrons. The lowest BCUT2D eigenvalue weighted by Gasteiger charge is -2.28. The minimum absolute atomic E-state index is 0.0471. The van der Waals surface area contributed by atoms with E-state index in [1.807, 2.05) is 18.2 Å². The summed E-state index contributed by atoms with van der Waals surface area (Å²) in [5.74, 6) is -0.677. The zero-order chi connectivity index (χ0) is 14.1. The number of benzene rings is 2. The van der Waals surface area contributed by atoms with E-state index in [2.05, 4.69) is 0 Å². The van der Waals surface area contributed by atoms with Crippen molar-refractivity contribution in [3.05, 3.63) is 65.0 Å². The van der Waals surface area contributed by atoms with Crippen LogP contribution in [0.5, 0.6) is 0 Å². The molecule has 0 saturated carbocycles. The number of nitriles is 1. The number of halogens is 1. The van der Waals surface area contributed by atoms with Crippen molar-refractivity contribution in [2.45, 2.75) is 6.42 Å². The molecule has 20 heavy (non-hydrogen) atoms. The zero-order valence-electron chi connectivity index (χ0n) is 10.6. The van der Waals surface area contributed by atoms with Gasteiger partial charge in [-0.2, -0.15) is 5.26 Å². The van der Waals surface area contributed by atoms with Crippen LogP contribution in [0.1, 0.15) is 21.5 Å². The van der Waals surface area contributed by atoms with E-state index in [4.69, 9.17) is 5.26 Å². The largest absolute Gasteiger partial charge is 0.308 e. The number of rotatable bonds is 1. The van der Waals surface area contributed by atoms with Crippen LogP contribution in [-0.4, -0.2) is 12.5 Å². The van der Waals surface area contributed by atoms with Gasteiger partial charge < -0.3 is 4.90 Å². The maximum Gasteiger partial charge on any atom is 0.258 e. The van der Waals surface area contributed by atoms with Crippen LogP contribution in [0.25, 0.3) is 0 Å². The number of amides is 1. The molecule has 0 spiro atoms. The maximum atomic E-state index is 13.3. The highest BCUT2D eigenvalue weighted by molar-refractivity contribution is 6.08. The van der Waals surface area contributed by atoms with Gasteiger partial charge >= 0.3 is 0 Å². The molecule has 0 bridgehead atoms. The van der Waals surface area contributed by atoms with Gasteiger partial charge in [-0.3, -0.25) is 4.79 Å². The molecule has 1 heterocycles. The fourth-order valence-corrected chi connectivity index (χ4v) is 2.44. The Kier molecular flexibility index (Phi) is 2.96. The van der Waals surface area contributed by atoms with Crippen LogP contribution in [0.15, 0.2) is 42.5 Å². The van der Waals surface area contributed by atoms with Crippen molar-refractivity contribution in [3.8, 4) is 6.07 Å². The first-order valence-electron chi connectivity index (χ1n) is 6.30. The summed E-state index contributed by atoms with van der Waals surface area (Å²) < 4.78 is 13.3. The van der Waals surface area contributed by atoms with Crippen molar-refractivity contribution >= 4 is 11.6 Å². The average molecular weight is 266 g/mol. The van der Waals surface area contributed by atoms with Crippen molar-refractivity contribution in [2.24, 2.45) is 0 Å². The van der Waals surface area contributed by atoms with Gasteiger partial charge in [0.05, 0.1) is 5.56 Å². The predicted molar refractivity (Wildman–Crippen MR) is 72.9 cm³/mol. The van der Waals surface area contributed by atoms with Crippen LogP contribution in [0, 0.1) is 17.1 Å². The molecule has 0 aliphatic carbocycles. The van der Waals surface area contributed by atoms with Gasteiger partial charge in [0.2, 0.25) is 0 Å². The third-order valence-corrected chi connectivity index (χ3v) is 3.48. The quantitative estimate of drug-likeness (QED) is 0.796. The number of carbonyl (C=O) groups excluding carboxylic acids is 1. The molecular weight excluding hydrogens is 255 g/mol. The second kappa shape index (κ2) is 4.78. The Morgan fingerprint density at radius 2 is 2.00 bits per heavy atom. The van der Waals surface area contributed by atoms with E-state index in [1.54, 1.807) is 17.0 Å². The number of nitrogens with zero attached hydrogens (tertiary/aromatic N) is 2. The summed E-state index contributed by atoms with van der Waals surface area (Å²) in [5, 5.41) is 8.87. The maximum absolute atomic E-state index is 13.3. The highest BCUT2D eigenvalue weighted by Gasteiger charge is 2.25. The molecule has 0 saturated heterocycles. The van der Waals surface area contributed by atoms with Gasteiger partial charge in [-0.15, -0.1) is 0 Å². The molecule has 1 amide bonds. The molecule has 0 atom stereocenters. The first kappa shape index (κ1) is 12.4. The van der Waals surface area contributed by atoms with Gasteiger partial charge in [-0.05, 0) is 36.2 Å². The molecule has 0 unspecified atom stereocenters. The zero-order valence-corrected chi connectivity index (χ0v) is 10.6. The molecule has 0 fully saturated rings. The number of carbonyl (C=O) groups is 1. The molecule has 1 aliphatic rings. The number of hydrogen-bond acceptors (Lipinski definition) is 2. The Bertz CT molecular complexity index is 733. The van der Waals surface area contributed by atoms with E-state index in [0.717, 1.165) is 12.0 Å². The van der Waals surface area contributed by atoms with Crippen LogP contribution < -0.4 is 4.90 Å². The van der Waals surface area contributed by atoms with Gasteiger partial charge in [-0.1, -0.05) is 18.2 Å². The van der Waals surface area contributed by atoms with Gasteiger partial charge in [0, 0.05) is 17.8 Å². The Morgan fingerprint density at radius 3 is 2.80 bits per heavy atom. The van der Waals surface area contributed by atoms with Crippen LogP contribution in [-0.2, 0) is 6.42 Å². The lowest BCUT2D eigenvalue weighted by Crippen LogP contribution is -2.37. The van der Waals surface area contributed by atoms with Gasteiger partial charge in [0.15, 0.2) is 0 Å². The first-order valence-corrected chi connectivity index (χ1v) is 6.30. The molecule has 1 aliphatic heterocycles. The molecule has 2 aromatic rings. The van der Waals surface area contributed by atoms with Gasteiger partial charge in [0.25, 0.3) is 5.91 Å². The summed E-state index contributed by atoms with van der Waals surface area (Å²) in [6.45, 7) is 0.534. The van der Waals surface area contributed by atoms with Gasteiger partial charge in [0.1, 0.15) is 11.9 Å². The third-order valence-electron chi connectivity index (χ3n) is 3.48. The standard InChI is InChI=1S/C16H11FN2O/c17-15-6-5-13(9-12(15)10-18)19-8-7-11-3-1-2-4-14(11)16(19)20/h1-6,9H,7-8H2. The normalized spacial score (nSPS) is 13.8. The smallest absolute Gasteiger partial charge is 0.258 e. The monoisotopic (exact) mass is 266 g/mol. The molecule has 4 heteroatoms. The van der Waals surface area contributed by atoms with E-state index < -0.39 is 5.82 Å².